The minimum Gasteiger partial charge on any atom is -0.493 e. The van der Waals surface area contributed by atoms with Crippen LogP contribution in [0.2, 0.25) is 0 Å². The molecule has 3 nitrogen and oxygen atoms in total. The van der Waals surface area contributed by atoms with E-state index in [1.54, 1.807) is 12.3 Å². The SMILES string of the molecule is CCCOc1ccc(CCl)c(OCc2cncc(F)c2)c1. The lowest BCUT2D eigenvalue weighted by Crippen LogP contribution is -2.01. The molecule has 0 saturated carbocycles. The maximum atomic E-state index is 13.1. The Morgan fingerprint density at radius 1 is 1.19 bits per heavy atom. The van der Waals surface area contributed by atoms with E-state index in [1.165, 1.54) is 6.07 Å². The Bertz CT molecular complexity index is 592. The van der Waals surface area contributed by atoms with E-state index in [1.807, 2.05) is 19.1 Å². The highest BCUT2D eigenvalue weighted by Gasteiger charge is 2.06. The Kier molecular flexibility index (Phi) is 5.81. The van der Waals surface area contributed by atoms with Crippen LogP contribution in [0.5, 0.6) is 11.5 Å². The summed E-state index contributed by atoms with van der Waals surface area (Å²) < 4.78 is 24.4. The summed E-state index contributed by atoms with van der Waals surface area (Å²) in [5, 5.41) is 0. The number of halogens is 2. The number of nitrogens with zero attached hydrogens (tertiary/aromatic N) is 1. The van der Waals surface area contributed by atoms with Gasteiger partial charge in [0.2, 0.25) is 0 Å². The average Bonchev–Trinajstić information content (AvgIpc) is 2.51. The third kappa shape index (κ3) is 4.60. The van der Waals surface area contributed by atoms with Gasteiger partial charge in [-0.25, -0.2) is 4.39 Å². The van der Waals surface area contributed by atoms with E-state index in [2.05, 4.69) is 4.98 Å². The van der Waals surface area contributed by atoms with Gasteiger partial charge in [0.05, 0.1) is 18.7 Å². The first-order chi connectivity index (χ1) is 10.2. The van der Waals surface area contributed by atoms with Crippen molar-refractivity contribution in [1.82, 2.24) is 4.98 Å². The van der Waals surface area contributed by atoms with Gasteiger partial charge in [0.25, 0.3) is 0 Å². The predicted octanol–water partition coefficient (Wildman–Crippen LogP) is 4.33. The van der Waals surface area contributed by atoms with E-state index in [4.69, 9.17) is 21.1 Å². The summed E-state index contributed by atoms with van der Waals surface area (Å²) in [6.45, 7) is 2.92. The molecule has 21 heavy (non-hydrogen) atoms. The largest absolute Gasteiger partial charge is 0.493 e. The van der Waals surface area contributed by atoms with Gasteiger partial charge in [0.1, 0.15) is 23.9 Å². The van der Waals surface area contributed by atoms with Gasteiger partial charge in [0.15, 0.2) is 0 Å². The van der Waals surface area contributed by atoms with E-state index in [-0.39, 0.29) is 12.4 Å². The van der Waals surface area contributed by atoms with E-state index in [9.17, 15) is 4.39 Å². The molecule has 0 aliphatic carbocycles. The summed E-state index contributed by atoms with van der Waals surface area (Å²) in [7, 11) is 0. The number of ether oxygens (including phenoxy) is 2. The normalized spacial score (nSPS) is 10.4. The fourth-order valence-electron chi connectivity index (χ4n) is 1.79. The summed E-state index contributed by atoms with van der Waals surface area (Å²) >= 11 is 5.90. The van der Waals surface area contributed by atoms with Crippen LogP contribution in [0.3, 0.4) is 0 Å². The zero-order chi connectivity index (χ0) is 15.1. The van der Waals surface area contributed by atoms with Crippen molar-refractivity contribution >= 4 is 11.6 Å². The second-order valence-electron chi connectivity index (χ2n) is 4.55. The minimum atomic E-state index is -0.381. The Labute approximate surface area is 128 Å². The lowest BCUT2D eigenvalue weighted by atomic mass is 10.2. The van der Waals surface area contributed by atoms with Crippen LogP contribution in [0.25, 0.3) is 0 Å². The van der Waals surface area contributed by atoms with E-state index < -0.39 is 0 Å². The molecule has 0 spiro atoms. The molecule has 0 radical (unpaired) electrons. The van der Waals surface area contributed by atoms with E-state index in [0.29, 0.717) is 23.8 Å². The topological polar surface area (TPSA) is 31.4 Å². The monoisotopic (exact) mass is 309 g/mol. The Morgan fingerprint density at radius 2 is 2.05 bits per heavy atom. The highest BCUT2D eigenvalue weighted by molar-refractivity contribution is 6.17. The maximum Gasteiger partial charge on any atom is 0.141 e. The molecule has 1 aromatic heterocycles. The van der Waals surface area contributed by atoms with Crippen LogP contribution in [-0.4, -0.2) is 11.6 Å². The predicted molar refractivity (Wildman–Crippen MR) is 80.3 cm³/mol. The first-order valence-electron chi connectivity index (χ1n) is 6.77. The standard InChI is InChI=1S/C16H17ClFNO2/c1-2-5-20-15-4-3-13(8-17)16(7-15)21-11-12-6-14(18)10-19-9-12/h3-4,6-7,9-10H,2,5,8,11H2,1H3. The molecule has 5 heteroatoms. The zero-order valence-electron chi connectivity index (χ0n) is 11.8. The van der Waals surface area contributed by atoms with Crippen LogP contribution in [0.15, 0.2) is 36.7 Å². The highest BCUT2D eigenvalue weighted by Crippen LogP contribution is 2.27. The van der Waals surface area contributed by atoms with Crippen molar-refractivity contribution in [3.05, 3.63) is 53.6 Å². The molecule has 0 fully saturated rings. The number of benzene rings is 1. The van der Waals surface area contributed by atoms with Crippen molar-refractivity contribution < 1.29 is 13.9 Å². The van der Waals surface area contributed by atoms with Crippen molar-refractivity contribution in [2.24, 2.45) is 0 Å². The molecular formula is C16H17ClFNO2. The summed E-state index contributed by atoms with van der Waals surface area (Å²) in [6, 6.07) is 6.94. The number of hydrogen-bond donors (Lipinski definition) is 0. The molecule has 0 bridgehead atoms. The second kappa shape index (κ2) is 7.84. The van der Waals surface area contributed by atoms with E-state index >= 15 is 0 Å². The maximum absolute atomic E-state index is 13.1. The third-order valence-electron chi connectivity index (χ3n) is 2.81. The fraction of sp³-hybridized carbons (Fsp3) is 0.312. The molecule has 0 saturated heterocycles. The lowest BCUT2D eigenvalue weighted by molar-refractivity contribution is 0.292. The zero-order valence-corrected chi connectivity index (χ0v) is 12.6. The van der Waals surface area contributed by atoms with Crippen molar-refractivity contribution in [1.29, 1.82) is 0 Å². The Hall–Kier alpha value is -1.81. The molecular weight excluding hydrogens is 293 g/mol. The van der Waals surface area contributed by atoms with Gasteiger partial charge >= 0.3 is 0 Å². The first kappa shape index (κ1) is 15.6. The van der Waals surface area contributed by atoms with Gasteiger partial charge in [-0.1, -0.05) is 13.0 Å². The first-order valence-corrected chi connectivity index (χ1v) is 7.30. The highest BCUT2D eigenvalue weighted by atomic mass is 35.5. The van der Waals surface area contributed by atoms with Gasteiger partial charge in [-0.15, -0.1) is 11.6 Å². The van der Waals surface area contributed by atoms with Crippen molar-refractivity contribution in [2.75, 3.05) is 6.61 Å². The number of pyridine rings is 1. The summed E-state index contributed by atoms with van der Waals surface area (Å²) in [6.07, 6.45) is 3.66. The van der Waals surface area contributed by atoms with Gasteiger partial charge in [-0.2, -0.15) is 0 Å². The smallest absolute Gasteiger partial charge is 0.141 e. The van der Waals surface area contributed by atoms with Crippen molar-refractivity contribution in [3.8, 4) is 11.5 Å². The van der Waals surface area contributed by atoms with Crippen LogP contribution in [-0.2, 0) is 12.5 Å². The lowest BCUT2D eigenvalue weighted by Gasteiger charge is -2.12. The average molecular weight is 310 g/mol. The van der Waals surface area contributed by atoms with Crippen LogP contribution >= 0.6 is 11.6 Å². The van der Waals surface area contributed by atoms with Crippen molar-refractivity contribution in [2.45, 2.75) is 25.8 Å². The van der Waals surface area contributed by atoms with Crippen LogP contribution in [0.4, 0.5) is 4.39 Å². The fourth-order valence-corrected chi connectivity index (χ4v) is 2.01. The van der Waals surface area contributed by atoms with Crippen LogP contribution in [0, 0.1) is 5.82 Å². The van der Waals surface area contributed by atoms with Gasteiger partial charge < -0.3 is 9.47 Å². The van der Waals surface area contributed by atoms with Gasteiger partial charge in [0, 0.05) is 23.4 Å². The molecule has 0 aliphatic heterocycles. The second-order valence-corrected chi connectivity index (χ2v) is 4.82. The molecule has 0 unspecified atom stereocenters. The van der Waals surface area contributed by atoms with Gasteiger partial charge in [-0.3, -0.25) is 4.98 Å². The molecule has 1 aromatic carbocycles. The van der Waals surface area contributed by atoms with Crippen LogP contribution in [0.1, 0.15) is 24.5 Å². The Morgan fingerprint density at radius 3 is 2.76 bits per heavy atom. The number of alkyl halides is 1. The third-order valence-corrected chi connectivity index (χ3v) is 3.10. The minimum absolute atomic E-state index is 0.228. The number of hydrogen-bond acceptors (Lipinski definition) is 3. The van der Waals surface area contributed by atoms with E-state index in [0.717, 1.165) is 23.9 Å². The number of rotatable bonds is 7. The summed E-state index contributed by atoms with van der Waals surface area (Å²) in [5.74, 6) is 1.33. The molecule has 1 heterocycles. The summed E-state index contributed by atoms with van der Waals surface area (Å²) in [5.41, 5.74) is 1.53. The summed E-state index contributed by atoms with van der Waals surface area (Å²) in [4.78, 5) is 3.79. The van der Waals surface area contributed by atoms with Gasteiger partial charge in [-0.05, 0) is 18.6 Å². The molecule has 112 valence electrons. The Balaban J connectivity index is 2.09. The quantitative estimate of drug-likeness (QED) is 0.713. The number of aromatic nitrogens is 1. The molecule has 0 amide bonds. The molecule has 0 atom stereocenters. The molecule has 2 aromatic rings. The molecule has 0 aliphatic rings. The van der Waals surface area contributed by atoms with Crippen LogP contribution < -0.4 is 9.47 Å². The molecule has 0 N–H and O–H groups in total. The van der Waals surface area contributed by atoms with Crippen molar-refractivity contribution in [3.63, 3.8) is 0 Å². The molecule has 2 rings (SSSR count).